The van der Waals surface area contributed by atoms with Crippen molar-refractivity contribution in [2.24, 2.45) is 4.99 Å². The number of likely N-dealkylation sites (tertiary alicyclic amines) is 1. The highest BCUT2D eigenvalue weighted by atomic mass is 35.5. The van der Waals surface area contributed by atoms with E-state index in [0.29, 0.717) is 16.5 Å². The molecule has 0 aromatic heterocycles. The number of ether oxygens (including phenoxy) is 1. The summed E-state index contributed by atoms with van der Waals surface area (Å²) in [6.45, 7) is 1.86. The number of nitrogens with one attached hydrogen (secondary N) is 1. The number of thioether (sulfide) groups is 1. The van der Waals surface area contributed by atoms with E-state index in [2.05, 4.69) is 15.2 Å². The van der Waals surface area contributed by atoms with Crippen LogP contribution in [-0.2, 0) is 9.59 Å². The van der Waals surface area contributed by atoms with Crippen molar-refractivity contribution < 1.29 is 14.3 Å². The van der Waals surface area contributed by atoms with E-state index in [4.69, 9.17) is 16.3 Å². The Morgan fingerprint density at radius 3 is 2.88 bits per heavy atom. The first-order valence-electron chi connectivity index (χ1n) is 8.24. The van der Waals surface area contributed by atoms with Gasteiger partial charge in [-0.25, -0.2) is 0 Å². The molecule has 1 fully saturated rings. The lowest BCUT2D eigenvalue weighted by molar-refractivity contribution is -0.121. The average molecular weight is 382 g/mol. The Morgan fingerprint density at radius 1 is 1.40 bits per heavy atom. The summed E-state index contributed by atoms with van der Waals surface area (Å²) in [5.74, 6) is 0.0219. The molecule has 1 atom stereocenters. The van der Waals surface area contributed by atoms with Gasteiger partial charge in [0.05, 0.1) is 12.8 Å². The normalized spacial score (nSPS) is 20.4. The Morgan fingerprint density at radius 2 is 2.16 bits per heavy atom. The van der Waals surface area contributed by atoms with Gasteiger partial charge < -0.3 is 15.0 Å². The number of hydrogen-bond acceptors (Lipinski definition) is 5. The number of benzene rings is 1. The smallest absolute Gasteiger partial charge is 0.262 e. The number of hydrogen-bond donors (Lipinski definition) is 1. The van der Waals surface area contributed by atoms with Crippen molar-refractivity contribution in [1.82, 2.24) is 4.90 Å². The summed E-state index contributed by atoms with van der Waals surface area (Å²) in [6, 6.07) is 4.99. The predicted octanol–water partition coefficient (Wildman–Crippen LogP) is 3.16. The summed E-state index contributed by atoms with van der Waals surface area (Å²) in [6.07, 6.45) is 3.52. The van der Waals surface area contributed by atoms with Crippen molar-refractivity contribution in [3.05, 3.63) is 23.2 Å². The molecule has 2 heterocycles. The first kappa shape index (κ1) is 18.1. The van der Waals surface area contributed by atoms with Crippen molar-refractivity contribution in [2.75, 3.05) is 25.5 Å². The molecule has 1 aromatic rings. The second-order valence-electron chi connectivity index (χ2n) is 5.98. The molecule has 3 rings (SSSR count). The highest BCUT2D eigenvalue weighted by molar-refractivity contribution is 8.15. The summed E-state index contributed by atoms with van der Waals surface area (Å²) in [5, 5.41) is 3.55. The van der Waals surface area contributed by atoms with E-state index in [1.165, 1.54) is 25.3 Å². The number of anilines is 1. The second-order valence-corrected chi connectivity index (χ2v) is 7.59. The second kappa shape index (κ2) is 8.10. The standard InChI is InChI=1S/C17H20ClN3O3S/c1-24-13-6-5-11(18)9-12(13)19-15(22)10-14-16(23)20-17(25-14)21-7-3-2-4-8-21/h5-6,9,14H,2-4,7-8,10H2,1H3,(H,19,22)/t14-/m0/s1. The molecule has 0 aliphatic carbocycles. The molecule has 8 heteroatoms. The van der Waals surface area contributed by atoms with Gasteiger partial charge in [0.1, 0.15) is 11.0 Å². The van der Waals surface area contributed by atoms with Gasteiger partial charge in [0.15, 0.2) is 5.17 Å². The summed E-state index contributed by atoms with van der Waals surface area (Å²) >= 11 is 7.35. The third kappa shape index (κ3) is 4.46. The minimum absolute atomic E-state index is 0.0695. The Hall–Kier alpha value is -1.73. The molecular weight excluding hydrogens is 362 g/mol. The molecule has 1 N–H and O–H groups in total. The van der Waals surface area contributed by atoms with Crippen LogP contribution in [0.15, 0.2) is 23.2 Å². The molecule has 1 saturated heterocycles. The fourth-order valence-electron chi connectivity index (χ4n) is 2.88. The van der Waals surface area contributed by atoms with Crippen LogP contribution in [0.1, 0.15) is 25.7 Å². The van der Waals surface area contributed by atoms with Gasteiger partial charge in [0.2, 0.25) is 5.91 Å². The molecule has 2 amide bonds. The zero-order chi connectivity index (χ0) is 17.8. The fraction of sp³-hybridized carbons (Fsp3) is 0.471. The van der Waals surface area contributed by atoms with Crippen molar-refractivity contribution in [3.63, 3.8) is 0 Å². The van der Waals surface area contributed by atoms with Crippen molar-refractivity contribution in [3.8, 4) is 5.75 Å². The molecule has 0 unspecified atom stereocenters. The lowest BCUT2D eigenvalue weighted by Crippen LogP contribution is -2.33. The molecule has 25 heavy (non-hydrogen) atoms. The van der Waals surface area contributed by atoms with Crippen LogP contribution in [0.3, 0.4) is 0 Å². The van der Waals surface area contributed by atoms with E-state index in [1.54, 1.807) is 18.2 Å². The third-order valence-corrected chi connectivity index (χ3v) is 5.61. The van der Waals surface area contributed by atoms with Crippen molar-refractivity contribution in [2.45, 2.75) is 30.9 Å². The number of methoxy groups -OCH3 is 1. The van der Waals surface area contributed by atoms with Crippen molar-refractivity contribution >= 4 is 46.0 Å². The van der Waals surface area contributed by atoms with Gasteiger partial charge in [0, 0.05) is 24.5 Å². The summed E-state index contributed by atoms with van der Waals surface area (Å²) in [7, 11) is 1.52. The lowest BCUT2D eigenvalue weighted by Gasteiger charge is -2.27. The molecule has 2 aliphatic heterocycles. The molecule has 2 aliphatic rings. The SMILES string of the molecule is COc1ccc(Cl)cc1NC(=O)C[C@@H]1SC(N2CCCCC2)=NC1=O. The number of nitrogens with zero attached hydrogens (tertiary/aromatic N) is 2. The van der Waals surface area contributed by atoms with Crippen LogP contribution < -0.4 is 10.1 Å². The zero-order valence-electron chi connectivity index (χ0n) is 14.0. The maximum absolute atomic E-state index is 12.3. The number of halogens is 1. The number of amides is 2. The van der Waals surface area contributed by atoms with E-state index in [9.17, 15) is 9.59 Å². The fourth-order valence-corrected chi connectivity index (χ4v) is 4.17. The van der Waals surface area contributed by atoms with Crippen LogP contribution in [0.4, 0.5) is 5.69 Å². The molecule has 1 aromatic carbocycles. The Labute approximate surface area is 156 Å². The quantitative estimate of drug-likeness (QED) is 0.867. The topological polar surface area (TPSA) is 71.0 Å². The highest BCUT2D eigenvalue weighted by Gasteiger charge is 2.33. The number of amidine groups is 1. The number of piperidine rings is 1. The van der Waals surface area contributed by atoms with Crippen LogP contribution in [-0.4, -0.2) is 47.3 Å². The van der Waals surface area contributed by atoms with E-state index in [-0.39, 0.29) is 18.2 Å². The minimum Gasteiger partial charge on any atom is -0.495 e. The van der Waals surface area contributed by atoms with Crippen LogP contribution in [0.25, 0.3) is 0 Å². The van der Waals surface area contributed by atoms with Gasteiger partial charge in [-0.05, 0) is 37.5 Å². The van der Waals surface area contributed by atoms with Crippen LogP contribution in [0, 0.1) is 0 Å². The lowest BCUT2D eigenvalue weighted by atomic mass is 10.1. The average Bonchev–Trinajstić information content (AvgIpc) is 2.96. The summed E-state index contributed by atoms with van der Waals surface area (Å²) in [4.78, 5) is 30.8. The number of aliphatic imine (C=N–C) groups is 1. The largest absolute Gasteiger partial charge is 0.495 e. The molecule has 0 radical (unpaired) electrons. The van der Waals surface area contributed by atoms with Gasteiger partial charge in [-0.2, -0.15) is 4.99 Å². The molecule has 0 saturated carbocycles. The van der Waals surface area contributed by atoms with E-state index in [0.717, 1.165) is 31.1 Å². The highest BCUT2D eigenvalue weighted by Crippen LogP contribution is 2.31. The summed E-state index contributed by atoms with van der Waals surface area (Å²) < 4.78 is 5.21. The maximum Gasteiger partial charge on any atom is 0.262 e. The van der Waals surface area contributed by atoms with Crippen LogP contribution in [0.5, 0.6) is 5.75 Å². The van der Waals surface area contributed by atoms with Gasteiger partial charge in [-0.3, -0.25) is 9.59 Å². The van der Waals surface area contributed by atoms with Gasteiger partial charge in [0.25, 0.3) is 5.91 Å². The van der Waals surface area contributed by atoms with Crippen LogP contribution >= 0.6 is 23.4 Å². The van der Waals surface area contributed by atoms with E-state index < -0.39 is 5.25 Å². The number of carbonyl (C=O) groups is 2. The van der Waals surface area contributed by atoms with E-state index >= 15 is 0 Å². The third-order valence-electron chi connectivity index (χ3n) is 4.16. The number of rotatable bonds is 4. The Bertz CT molecular complexity index is 704. The Kier molecular flexibility index (Phi) is 5.86. The monoisotopic (exact) mass is 381 g/mol. The molecule has 0 spiro atoms. The molecule has 134 valence electrons. The minimum atomic E-state index is -0.470. The van der Waals surface area contributed by atoms with Gasteiger partial charge in [-0.15, -0.1) is 0 Å². The first-order valence-corrected chi connectivity index (χ1v) is 9.50. The van der Waals surface area contributed by atoms with Crippen LogP contribution in [0.2, 0.25) is 5.02 Å². The maximum atomic E-state index is 12.3. The molecule has 0 bridgehead atoms. The zero-order valence-corrected chi connectivity index (χ0v) is 15.5. The molecular formula is C17H20ClN3O3S. The molecule has 6 nitrogen and oxygen atoms in total. The van der Waals surface area contributed by atoms with Crippen molar-refractivity contribution in [1.29, 1.82) is 0 Å². The number of carbonyl (C=O) groups excluding carboxylic acids is 2. The Balaban J connectivity index is 1.59. The first-order chi connectivity index (χ1) is 12.1. The predicted molar refractivity (Wildman–Crippen MR) is 100 cm³/mol. The summed E-state index contributed by atoms with van der Waals surface area (Å²) in [5.41, 5.74) is 0.493. The van der Waals surface area contributed by atoms with Gasteiger partial charge >= 0.3 is 0 Å². The van der Waals surface area contributed by atoms with Gasteiger partial charge in [-0.1, -0.05) is 23.4 Å². The van der Waals surface area contributed by atoms with E-state index in [1.807, 2.05) is 0 Å².